The first kappa shape index (κ1) is 54.6. The minimum atomic E-state index is -4.80. The average molecular weight is 860 g/mol. The van der Waals surface area contributed by atoms with Crippen LogP contribution in [0.1, 0.15) is 162 Å². The first-order valence-corrected chi connectivity index (χ1v) is 23.8. The summed E-state index contributed by atoms with van der Waals surface area (Å²) in [5.41, 5.74) is 5.33. The Kier molecular flexibility index (Phi) is 31.6. The highest BCUT2D eigenvalue weighted by atomic mass is 31.2. The molecule has 59 heavy (non-hydrogen) atoms. The zero-order valence-electron chi connectivity index (χ0n) is 35.9. The molecule has 15 heteroatoms. The standard InChI is InChI=1S/C44H78NO13P/c1-3-5-7-8-9-10-11-12-13-14-15-16-17-18-19-20-22-28-43(50)58-36(33-56-59(53,54)57-34-39(45)44(51)52)32-55-42(49)27-24-23-26-37-38(41(48)31-40(37)47)30-29-35(46)25-21-6-4-2/h12-13,23-24,29-30,35-41,46-48H,3-11,14-22,25-28,31-34,45H2,1-2H3,(H,51,52)(H,53,54)/b13-12-,24-23-,30-29+/t35-,36-,37+,38-,39+,40+,41-/m1/s1. The lowest BCUT2D eigenvalue weighted by Crippen LogP contribution is -2.34. The Morgan fingerprint density at radius 1 is 0.746 bits per heavy atom. The summed E-state index contributed by atoms with van der Waals surface area (Å²) in [4.78, 5) is 46.2. The molecule has 0 radical (unpaired) electrons. The van der Waals surface area contributed by atoms with Gasteiger partial charge in [-0.2, -0.15) is 0 Å². The summed E-state index contributed by atoms with van der Waals surface area (Å²) in [6, 6.07) is -1.57. The third kappa shape index (κ3) is 28.7. The van der Waals surface area contributed by atoms with Gasteiger partial charge in [-0.25, -0.2) is 4.57 Å². The molecule has 0 aromatic rings. The van der Waals surface area contributed by atoms with Crippen molar-refractivity contribution in [2.45, 2.75) is 192 Å². The molecule has 1 aliphatic rings. The number of allylic oxidation sites excluding steroid dienone is 3. The van der Waals surface area contributed by atoms with Gasteiger partial charge in [0.25, 0.3) is 0 Å². The van der Waals surface area contributed by atoms with E-state index in [-0.39, 0.29) is 31.1 Å². The van der Waals surface area contributed by atoms with Crippen molar-refractivity contribution < 1.29 is 62.8 Å². The monoisotopic (exact) mass is 860 g/mol. The van der Waals surface area contributed by atoms with E-state index in [1.165, 1.54) is 51.4 Å². The van der Waals surface area contributed by atoms with Gasteiger partial charge >= 0.3 is 25.7 Å². The number of ether oxygens (including phenoxy) is 2. The van der Waals surface area contributed by atoms with Gasteiger partial charge in [-0.05, 0) is 50.9 Å². The molecule has 0 heterocycles. The van der Waals surface area contributed by atoms with Crippen molar-refractivity contribution in [2.75, 3.05) is 19.8 Å². The molecule has 7 N–H and O–H groups in total. The van der Waals surface area contributed by atoms with Gasteiger partial charge in [0, 0.05) is 18.8 Å². The number of hydrogen-bond acceptors (Lipinski definition) is 12. The summed E-state index contributed by atoms with van der Waals surface area (Å²) in [6.45, 7) is 2.35. The number of rotatable bonds is 37. The lowest BCUT2D eigenvalue weighted by Gasteiger charge is -2.20. The molecule has 0 bridgehead atoms. The molecule has 0 aromatic heterocycles. The molecule has 0 aliphatic heterocycles. The number of carbonyl (C=O) groups is 3. The van der Waals surface area contributed by atoms with E-state index in [1.54, 1.807) is 24.3 Å². The molecule has 0 saturated heterocycles. The summed E-state index contributed by atoms with van der Waals surface area (Å²) in [7, 11) is -4.80. The number of unbranched alkanes of at least 4 members (excludes halogenated alkanes) is 15. The second-order valence-electron chi connectivity index (χ2n) is 15.8. The zero-order valence-corrected chi connectivity index (χ0v) is 36.8. The number of aliphatic carboxylic acids is 1. The number of carboxylic acid groups (broad SMARTS) is 1. The predicted octanol–water partition coefficient (Wildman–Crippen LogP) is 8.00. The fourth-order valence-electron chi connectivity index (χ4n) is 6.86. The minimum Gasteiger partial charge on any atom is -0.480 e. The number of carboxylic acids is 1. The van der Waals surface area contributed by atoms with Crippen molar-refractivity contribution in [1.82, 2.24) is 0 Å². The fraction of sp³-hybridized carbons (Fsp3) is 0.795. The molecule has 1 fully saturated rings. The van der Waals surface area contributed by atoms with E-state index in [9.17, 15) is 39.2 Å². The van der Waals surface area contributed by atoms with E-state index in [0.29, 0.717) is 19.3 Å². The zero-order chi connectivity index (χ0) is 43.7. The van der Waals surface area contributed by atoms with Crippen LogP contribution >= 0.6 is 7.82 Å². The van der Waals surface area contributed by atoms with Crippen molar-refractivity contribution in [3.8, 4) is 0 Å². The van der Waals surface area contributed by atoms with E-state index in [2.05, 4.69) is 30.5 Å². The third-order valence-corrected chi connectivity index (χ3v) is 11.4. The third-order valence-electron chi connectivity index (χ3n) is 10.5. The molecule has 342 valence electrons. The van der Waals surface area contributed by atoms with Gasteiger partial charge in [0.1, 0.15) is 12.6 Å². The Balaban J connectivity index is 2.53. The van der Waals surface area contributed by atoms with Crippen LogP contribution in [0, 0.1) is 11.8 Å². The number of hydrogen-bond donors (Lipinski definition) is 6. The van der Waals surface area contributed by atoms with E-state index >= 15 is 0 Å². The quantitative estimate of drug-likeness (QED) is 0.0150. The van der Waals surface area contributed by atoms with Gasteiger partial charge in [0.15, 0.2) is 6.10 Å². The number of aliphatic hydroxyl groups excluding tert-OH is 3. The molecule has 0 amide bonds. The molecular formula is C44H78NO13P. The maximum atomic E-state index is 12.7. The lowest BCUT2D eigenvalue weighted by molar-refractivity contribution is -0.160. The van der Waals surface area contributed by atoms with Crippen LogP contribution in [-0.4, -0.2) is 93.5 Å². The maximum Gasteiger partial charge on any atom is 0.472 e. The van der Waals surface area contributed by atoms with Crippen LogP contribution < -0.4 is 5.73 Å². The van der Waals surface area contributed by atoms with Crippen LogP contribution in [0.3, 0.4) is 0 Å². The van der Waals surface area contributed by atoms with Gasteiger partial charge in [0.2, 0.25) is 0 Å². The smallest absolute Gasteiger partial charge is 0.472 e. The van der Waals surface area contributed by atoms with Crippen molar-refractivity contribution in [3.05, 3.63) is 36.5 Å². The Hall–Kier alpha value is -2.42. The lowest BCUT2D eigenvalue weighted by atomic mass is 9.89. The van der Waals surface area contributed by atoms with Crippen molar-refractivity contribution >= 4 is 25.7 Å². The average Bonchev–Trinajstić information content (AvgIpc) is 3.47. The first-order valence-electron chi connectivity index (χ1n) is 22.3. The van der Waals surface area contributed by atoms with Crippen LogP contribution in [0.4, 0.5) is 0 Å². The molecular weight excluding hydrogens is 781 g/mol. The molecule has 8 atom stereocenters. The van der Waals surface area contributed by atoms with E-state index < -0.39 is 76.0 Å². The van der Waals surface area contributed by atoms with Crippen molar-refractivity contribution in [2.24, 2.45) is 17.6 Å². The molecule has 1 saturated carbocycles. The predicted molar refractivity (Wildman–Crippen MR) is 228 cm³/mol. The molecule has 0 aromatic carbocycles. The minimum absolute atomic E-state index is 0.0903. The van der Waals surface area contributed by atoms with Crippen molar-refractivity contribution in [3.63, 3.8) is 0 Å². The molecule has 1 aliphatic carbocycles. The van der Waals surface area contributed by atoms with E-state index in [0.717, 1.165) is 57.8 Å². The normalized spacial score (nSPS) is 20.9. The fourth-order valence-corrected chi connectivity index (χ4v) is 7.63. The Bertz CT molecular complexity index is 1260. The van der Waals surface area contributed by atoms with Crippen LogP contribution in [-0.2, 0) is 37.5 Å². The molecule has 1 rings (SSSR count). The second kappa shape index (κ2) is 34.2. The van der Waals surface area contributed by atoms with Crippen LogP contribution in [0.2, 0.25) is 0 Å². The van der Waals surface area contributed by atoms with E-state index in [4.69, 9.17) is 24.8 Å². The largest absolute Gasteiger partial charge is 0.480 e. The molecule has 0 spiro atoms. The number of aliphatic hydroxyl groups is 3. The maximum absolute atomic E-state index is 12.7. The Morgan fingerprint density at radius 2 is 1.32 bits per heavy atom. The summed E-state index contributed by atoms with van der Waals surface area (Å²) in [5.74, 6) is -3.39. The number of phosphoric acid groups is 1. The molecule has 14 nitrogen and oxygen atoms in total. The summed E-state index contributed by atoms with van der Waals surface area (Å²) < 4.78 is 32.6. The highest BCUT2D eigenvalue weighted by molar-refractivity contribution is 7.47. The Morgan fingerprint density at radius 3 is 1.95 bits per heavy atom. The highest BCUT2D eigenvalue weighted by Crippen LogP contribution is 2.43. The number of phosphoric ester groups is 1. The van der Waals surface area contributed by atoms with Gasteiger partial charge < -0.3 is 40.5 Å². The summed E-state index contributed by atoms with van der Waals surface area (Å²) >= 11 is 0. The van der Waals surface area contributed by atoms with Crippen LogP contribution in [0.15, 0.2) is 36.5 Å². The Labute approximate surface area is 353 Å². The topological polar surface area (TPSA) is 232 Å². The van der Waals surface area contributed by atoms with Crippen LogP contribution in [0.5, 0.6) is 0 Å². The number of carbonyl (C=O) groups excluding carboxylic acids is 2. The first-order chi connectivity index (χ1) is 28.3. The van der Waals surface area contributed by atoms with E-state index in [1.807, 2.05) is 0 Å². The van der Waals surface area contributed by atoms with Gasteiger partial charge in [-0.3, -0.25) is 23.4 Å². The SMILES string of the molecule is CCCCCCCC/C=C\CCCCCCCCCC(=O)O[C@H](COC(=O)C/C=C\C[C@H]1[C@@H](/C=C/[C@H](O)CCCCC)[C@H](O)C[C@@H]1O)COP(=O)(O)OC[C@H](N)C(=O)O. The van der Waals surface area contributed by atoms with Gasteiger partial charge in [0.05, 0.1) is 37.9 Å². The van der Waals surface area contributed by atoms with Crippen LogP contribution in [0.25, 0.3) is 0 Å². The van der Waals surface area contributed by atoms with Gasteiger partial charge in [-0.1, -0.05) is 134 Å². The summed E-state index contributed by atoms with van der Waals surface area (Å²) in [5, 5.41) is 40.2. The number of esters is 2. The number of nitrogens with two attached hydrogens (primary N) is 1. The summed E-state index contributed by atoms with van der Waals surface area (Å²) in [6.07, 6.45) is 29.1. The highest BCUT2D eigenvalue weighted by Gasteiger charge is 2.39. The molecule has 1 unspecified atom stereocenters. The second-order valence-corrected chi connectivity index (χ2v) is 17.3. The van der Waals surface area contributed by atoms with Crippen molar-refractivity contribution in [1.29, 1.82) is 0 Å². The van der Waals surface area contributed by atoms with Gasteiger partial charge in [-0.15, -0.1) is 0 Å².